The highest BCUT2D eigenvalue weighted by atomic mass is 16.5. The Morgan fingerprint density at radius 2 is 2.50 bits per heavy atom. The number of carbonyl (C=O) groups is 1. The van der Waals surface area contributed by atoms with Gasteiger partial charge in [-0.2, -0.15) is 5.10 Å². The third-order valence-corrected chi connectivity index (χ3v) is 2.56. The predicted molar refractivity (Wildman–Crippen MR) is 51.1 cm³/mol. The SMILES string of the molecule is CCOC(=O)c1cnn(C2CCC2)c1. The highest BCUT2D eigenvalue weighted by molar-refractivity contribution is 5.88. The lowest BCUT2D eigenvalue weighted by Gasteiger charge is -2.25. The second-order valence-electron chi connectivity index (χ2n) is 3.51. The quantitative estimate of drug-likeness (QED) is 0.689. The van der Waals surface area contributed by atoms with Gasteiger partial charge in [-0.05, 0) is 26.2 Å². The molecular formula is C10H14N2O2. The van der Waals surface area contributed by atoms with Crippen LogP contribution in [0.5, 0.6) is 0 Å². The number of aromatic nitrogens is 2. The molecule has 1 aromatic heterocycles. The molecule has 0 radical (unpaired) electrons. The Bertz CT molecular complexity index is 329. The minimum Gasteiger partial charge on any atom is -0.462 e. The van der Waals surface area contributed by atoms with Crippen molar-refractivity contribution in [3.05, 3.63) is 18.0 Å². The summed E-state index contributed by atoms with van der Waals surface area (Å²) in [4.78, 5) is 11.3. The average molecular weight is 194 g/mol. The molecule has 1 fully saturated rings. The molecule has 0 unspecified atom stereocenters. The van der Waals surface area contributed by atoms with Crippen LogP contribution in [0, 0.1) is 0 Å². The summed E-state index contributed by atoms with van der Waals surface area (Å²) in [7, 11) is 0. The van der Waals surface area contributed by atoms with Gasteiger partial charge in [0.2, 0.25) is 0 Å². The largest absolute Gasteiger partial charge is 0.462 e. The Kier molecular flexibility index (Phi) is 2.52. The molecule has 1 aliphatic carbocycles. The monoisotopic (exact) mass is 194 g/mol. The van der Waals surface area contributed by atoms with Crippen molar-refractivity contribution < 1.29 is 9.53 Å². The molecule has 76 valence electrons. The van der Waals surface area contributed by atoms with E-state index in [2.05, 4.69) is 5.10 Å². The molecule has 4 heteroatoms. The number of carbonyl (C=O) groups excluding carboxylic acids is 1. The van der Waals surface area contributed by atoms with E-state index < -0.39 is 0 Å². The predicted octanol–water partition coefficient (Wildman–Crippen LogP) is 1.78. The van der Waals surface area contributed by atoms with Crippen LogP contribution in [0.25, 0.3) is 0 Å². The third-order valence-electron chi connectivity index (χ3n) is 2.56. The van der Waals surface area contributed by atoms with Gasteiger partial charge in [-0.3, -0.25) is 4.68 Å². The van der Waals surface area contributed by atoms with Crippen LogP contribution in [0.1, 0.15) is 42.6 Å². The van der Waals surface area contributed by atoms with Crippen LogP contribution in [0.2, 0.25) is 0 Å². The lowest BCUT2D eigenvalue weighted by atomic mass is 9.93. The third kappa shape index (κ3) is 1.64. The summed E-state index contributed by atoms with van der Waals surface area (Å²) in [6, 6.07) is 0.498. The van der Waals surface area contributed by atoms with Crippen LogP contribution in [0.3, 0.4) is 0 Å². The Morgan fingerprint density at radius 3 is 3.07 bits per heavy atom. The lowest BCUT2D eigenvalue weighted by Crippen LogP contribution is -2.17. The van der Waals surface area contributed by atoms with Crippen LogP contribution < -0.4 is 0 Å². The molecule has 1 aromatic rings. The number of nitrogens with zero attached hydrogens (tertiary/aromatic N) is 2. The number of ether oxygens (including phenoxy) is 1. The fourth-order valence-corrected chi connectivity index (χ4v) is 1.51. The maximum atomic E-state index is 11.3. The van der Waals surface area contributed by atoms with Gasteiger partial charge >= 0.3 is 5.97 Å². The lowest BCUT2D eigenvalue weighted by molar-refractivity contribution is 0.0526. The summed E-state index contributed by atoms with van der Waals surface area (Å²) < 4.78 is 6.75. The van der Waals surface area contributed by atoms with E-state index in [1.165, 1.54) is 19.3 Å². The second-order valence-corrected chi connectivity index (χ2v) is 3.51. The van der Waals surface area contributed by atoms with Gasteiger partial charge in [-0.1, -0.05) is 0 Å². The summed E-state index contributed by atoms with van der Waals surface area (Å²) in [5.74, 6) is -0.280. The van der Waals surface area contributed by atoms with Crippen molar-refractivity contribution in [2.45, 2.75) is 32.2 Å². The summed E-state index contributed by atoms with van der Waals surface area (Å²) in [6.45, 7) is 2.21. The Morgan fingerprint density at radius 1 is 1.71 bits per heavy atom. The first-order valence-corrected chi connectivity index (χ1v) is 5.02. The van der Waals surface area contributed by atoms with Gasteiger partial charge in [0.05, 0.1) is 24.4 Å². The topological polar surface area (TPSA) is 44.1 Å². The molecule has 0 N–H and O–H groups in total. The first-order valence-electron chi connectivity index (χ1n) is 5.02. The van der Waals surface area contributed by atoms with Crippen LogP contribution >= 0.6 is 0 Å². The van der Waals surface area contributed by atoms with Gasteiger partial charge in [0.15, 0.2) is 0 Å². The van der Waals surface area contributed by atoms with E-state index in [4.69, 9.17) is 4.74 Å². The molecule has 1 saturated carbocycles. The number of esters is 1. The Balaban J connectivity index is 2.05. The van der Waals surface area contributed by atoms with E-state index in [9.17, 15) is 4.79 Å². The smallest absolute Gasteiger partial charge is 0.341 e. The van der Waals surface area contributed by atoms with Crippen molar-refractivity contribution in [1.82, 2.24) is 9.78 Å². The maximum absolute atomic E-state index is 11.3. The highest BCUT2D eigenvalue weighted by Gasteiger charge is 2.21. The zero-order valence-corrected chi connectivity index (χ0v) is 8.27. The van der Waals surface area contributed by atoms with Crippen molar-refractivity contribution in [2.75, 3.05) is 6.61 Å². The van der Waals surface area contributed by atoms with Crippen LogP contribution in [0.15, 0.2) is 12.4 Å². The normalized spacial score (nSPS) is 16.4. The van der Waals surface area contributed by atoms with Crippen LogP contribution in [-0.4, -0.2) is 22.4 Å². The van der Waals surface area contributed by atoms with Crippen molar-refractivity contribution in [2.24, 2.45) is 0 Å². The van der Waals surface area contributed by atoms with E-state index in [1.807, 2.05) is 4.68 Å². The Labute approximate surface area is 82.9 Å². The standard InChI is InChI=1S/C10H14N2O2/c1-2-14-10(13)8-6-11-12(7-8)9-4-3-5-9/h6-7,9H,2-5H2,1H3. The maximum Gasteiger partial charge on any atom is 0.341 e. The second kappa shape index (κ2) is 3.82. The molecule has 0 spiro atoms. The minimum absolute atomic E-state index is 0.280. The fraction of sp³-hybridized carbons (Fsp3) is 0.600. The molecule has 0 atom stereocenters. The van der Waals surface area contributed by atoms with Crippen LogP contribution in [-0.2, 0) is 4.74 Å². The zero-order chi connectivity index (χ0) is 9.97. The van der Waals surface area contributed by atoms with Gasteiger partial charge in [0.1, 0.15) is 0 Å². The molecule has 1 heterocycles. The first-order chi connectivity index (χ1) is 6.81. The van der Waals surface area contributed by atoms with Gasteiger partial charge in [0.25, 0.3) is 0 Å². The highest BCUT2D eigenvalue weighted by Crippen LogP contribution is 2.30. The molecule has 1 aliphatic rings. The van der Waals surface area contributed by atoms with E-state index >= 15 is 0 Å². The number of hydrogen-bond acceptors (Lipinski definition) is 3. The summed E-state index contributed by atoms with van der Waals surface area (Å²) >= 11 is 0. The van der Waals surface area contributed by atoms with Crippen molar-refractivity contribution in [1.29, 1.82) is 0 Å². The molecule has 0 bridgehead atoms. The van der Waals surface area contributed by atoms with Crippen LogP contribution in [0.4, 0.5) is 0 Å². The van der Waals surface area contributed by atoms with Crippen molar-refractivity contribution in [3.63, 3.8) is 0 Å². The molecule has 14 heavy (non-hydrogen) atoms. The Hall–Kier alpha value is -1.32. The molecule has 0 aromatic carbocycles. The summed E-state index contributed by atoms with van der Waals surface area (Å²) in [6.07, 6.45) is 6.96. The molecule has 4 nitrogen and oxygen atoms in total. The fourth-order valence-electron chi connectivity index (χ4n) is 1.51. The first kappa shape index (κ1) is 9.24. The molecule has 0 aliphatic heterocycles. The summed E-state index contributed by atoms with van der Waals surface area (Å²) in [5.41, 5.74) is 0.554. The zero-order valence-electron chi connectivity index (χ0n) is 8.27. The number of hydrogen-bond donors (Lipinski definition) is 0. The molecular weight excluding hydrogens is 180 g/mol. The van der Waals surface area contributed by atoms with Crippen molar-refractivity contribution >= 4 is 5.97 Å². The van der Waals surface area contributed by atoms with Gasteiger partial charge in [0, 0.05) is 6.20 Å². The minimum atomic E-state index is -0.280. The molecule has 0 amide bonds. The molecule has 0 saturated heterocycles. The van der Waals surface area contributed by atoms with E-state index in [-0.39, 0.29) is 5.97 Å². The van der Waals surface area contributed by atoms with Gasteiger partial charge in [-0.25, -0.2) is 4.79 Å². The van der Waals surface area contributed by atoms with E-state index in [0.29, 0.717) is 18.2 Å². The molecule has 2 rings (SSSR count). The van der Waals surface area contributed by atoms with Crippen molar-refractivity contribution in [3.8, 4) is 0 Å². The average Bonchev–Trinajstić information content (AvgIpc) is 2.50. The summed E-state index contributed by atoms with van der Waals surface area (Å²) in [5, 5.41) is 4.16. The van der Waals surface area contributed by atoms with E-state index in [0.717, 1.165) is 0 Å². The number of rotatable bonds is 3. The van der Waals surface area contributed by atoms with E-state index in [1.54, 1.807) is 19.3 Å². The van der Waals surface area contributed by atoms with Gasteiger partial charge in [-0.15, -0.1) is 0 Å². The van der Waals surface area contributed by atoms with Gasteiger partial charge < -0.3 is 4.74 Å².